The molecule has 0 N–H and O–H groups in total. The monoisotopic (exact) mass is 380 g/mol. The zero-order valence-electron chi connectivity index (χ0n) is 14.4. The van der Waals surface area contributed by atoms with Crippen LogP contribution in [0.2, 0.25) is 0 Å². The molecule has 4 aromatic rings. The van der Waals surface area contributed by atoms with Crippen LogP contribution in [0.3, 0.4) is 0 Å². The quantitative estimate of drug-likeness (QED) is 0.388. The molecule has 28 heavy (non-hydrogen) atoms. The molecule has 0 atom stereocenters. The Bertz CT molecular complexity index is 1220. The van der Waals surface area contributed by atoms with E-state index in [2.05, 4.69) is 15.3 Å². The largest absolute Gasteiger partial charge is 0.293 e. The van der Waals surface area contributed by atoms with Gasteiger partial charge in [-0.3, -0.25) is 19.5 Å². The normalized spacial score (nSPS) is 11.0. The van der Waals surface area contributed by atoms with Crippen LogP contribution in [-0.2, 0) is 13.1 Å². The van der Waals surface area contributed by atoms with E-state index in [-0.39, 0.29) is 29.1 Å². The van der Waals surface area contributed by atoms with Crippen molar-refractivity contribution < 1.29 is 9.31 Å². The molecule has 0 aliphatic carbocycles. The van der Waals surface area contributed by atoms with Crippen LogP contribution in [0.4, 0.5) is 10.1 Å². The van der Waals surface area contributed by atoms with E-state index in [4.69, 9.17) is 0 Å². The molecule has 2 aromatic heterocycles. The summed E-state index contributed by atoms with van der Waals surface area (Å²) >= 11 is 0. The van der Waals surface area contributed by atoms with Crippen molar-refractivity contribution in [3.63, 3.8) is 0 Å². The van der Waals surface area contributed by atoms with E-state index in [9.17, 15) is 19.3 Å². The molecule has 0 bridgehead atoms. The van der Waals surface area contributed by atoms with Crippen molar-refractivity contribution in [2.24, 2.45) is 0 Å². The van der Waals surface area contributed by atoms with Crippen LogP contribution in [0.5, 0.6) is 0 Å². The Kier molecular flexibility index (Phi) is 4.36. The first-order chi connectivity index (χ1) is 13.5. The van der Waals surface area contributed by atoms with Crippen molar-refractivity contribution >= 4 is 16.9 Å². The maximum atomic E-state index is 13.0. The molecule has 0 unspecified atom stereocenters. The number of nitro groups is 1. The summed E-state index contributed by atoms with van der Waals surface area (Å²) in [5.41, 5.74) is 1.57. The lowest BCUT2D eigenvalue weighted by atomic mass is 10.2. The third kappa shape index (κ3) is 3.34. The van der Waals surface area contributed by atoms with Crippen molar-refractivity contribution in [1.82, 2.24) is 24.5 Å². The lowest BCUT2D eigenvalue weighted by molar-refractivity contribution is -0.384. The number of rotatable bonds is 5. The second-order valence-corrected chi connectivity index (χ2v) is 6.15. The molecule has 0 saturated heterocycles. The van der Waals surface area contributed by atoms with Gasteiger partial charge in [-0.2, -0.15) is 0 Å². The first-order valence-electron chi connectivity index (χ1n) is 8.27. The number of halogens is 1. The first kappa shape index (κ1) is 17.5. The average Bonchev–Trinajstić information content (AvgIpc) is 3.10. The van der Waals surface area contributed by atoms with Crippen LogP contribution >= 0.6 is 0 Å². The van der Waals surface area contributed by atoms with Gasteiger partial charge in [0, 0.05) is 12.1 Å². The summed E-state index contributed by atoms with van der Waals surface area (Å²) in [6.07, 6.45) is 1.39. The van der Waals surface area contributed by atoms with Crippen LogP contribution in [0.15, 0.2) is 59.7 Å². The lowest BCUT2D eigenvalue weighted by Crippen LogP contribution is -2.21. The van der Waals surface area contributed by atoms with Gasteiger partial charge in [0.25, 0.3) is 11.2 Å². The fraction of sp³-hybridized carbons (Fsp3) is 0.111. The molecule has 140 valence electrons. The lowest BCUT2D eigenvalue weighted by Gasteiger charge is -2.06. The van der Waals surface area contributed by atoms with Crippen molar-refractivity contribution in [3.8, 4) is 0 Å². The minimum atomic E-state index is -0.483. The number of nitro benzene ring substituents is 1. The Morgan fingerprint density at radius 1 is 1.00 bits per heavy atom. The number of non-ortho nitro benzene ring substituents is 1. The van der Waals surface area contributed by atoms with Gasteiger partial charge in [0.05, 0.1) is 18.0 Å². The van der Waals surface area contributed by atoms with Crippen LogP contribution in [0.1, 0.15) is 11.1 Å². The summed E-state index contributed by atoms with van der Waals surface area (Å²) in [6.45, 7) is 0.500. The van der Waals surface area contributed by atoms with Crippen LogP contribution in [0.25, 0.3) is 11.2 Å². The molecule has 4 rings (SSSR count). The summed E-state index contributed by atoms with van der Waals surface area (Å²) in [6, 6.07) is 11.9. The second-order valence-electron chi connectivity index (χ2n) is 6.15. The molecule has 0 radical (unpaired) electrons. The molecule has 2 heterocycles. The zero-order valence-corrected chi connectivity index (χ0v) is 14.4. The zero-order chi connectivity index (χ0) is 19.7. The highest BCUT2D eigenvalue weighted by atomic mass is 19.1. The highest BCUT2D eigenvalue weighted by Crippen LogP contribution is 2.13. The minimum absolute atomic E-state index is 0.0200. The van der Waals surface area contributed by atoms with E-state index in [1.54, 1.807) is 24.3 Å². The standard InChI is InChI=1S/C18H13FN6O3/c19-14-5-1-13(2-6-14)10-24-17-16(21-22-24)18(26)23(11-20-17)9-12-3-7-15(8-4-12)25(27)28/h1-8,11H,9-10H2. The second kappa shape index (κ2) is 6.99. The number of benzene rings is 2. The molecule has 0 saturated carbocycles. The maximum Gasteiger partial charge on any atom is 0.283 e. The van der Waals surface area contributed by atoms with Gasteiger partial charge in [-0.25, -0.2) is 14.1 Å². The molecule has 10 heteroatoms. The Hall–Kier alpha value is -3.95. The molecule has 0 aliphatic heterocycles. The predicted octanol–water partition coefficient (Wildman–Crippen LogP) is 2.13. The van der Waals surface area contributed by atoms with Crippen LogP contribution in [0, 0.1) is 15.9 Å². The molecule has 2 aromatic carbocycles. The third-order valence-corrected chi connectivity index (χ3v) is 4.24. The molecule has 0 fully saturated rings. The number of hydrogen-bond acceptors (Lipinski definition) is 6. The van der Waals surface area contributed by atoms with Gasteiger partial charge in [-0.15, -0.1) is 5.10 Å². The minimum Gasteiger partial charge on any atom is -0.293 e. The summed E-state index contributed by atoms with van der Waals surface area (Å²) in [4.78, 5) is 27.2. The smallest absolute Gasteiger partial charge is 0.283 e. The van der Waals surface area contributed by atoms with Gasteiger partial charge in [0.15, 0.2) is 11.2 Å². The Morgan fingerprint density at radius 3 is 2.32 bits per heavy atom. The fourth-order valence-corrected chi connectivity index (χ4v) is 2.79. The van der Waals surface area contributed by atoms with Gasteiger partial charge >= 0.3 is 0 Å². The van der Waals surface area contributed by atoms with E-state index in [0.717, 1.165) is 5.56 Å². The Labute approximate surface area is 156 Å². The van der Waals surface area contributed by atoms with E-state index in [0.29, 0.717) is 17.8 Å². The highest BCUT2D eigenvalue weighted by Gasteiger charge is 2.13. The summed E-state index contributed by atoms with van der Waals surface area (Å²) < 4.78 is 15.9. The molecule has 0 aliphatic rings. The molecule has 0 spiro atoms. The molecule has 9 nitrogen and oxygen atoms in total. The van der Waals surface area contributed by atoms with E-state index in [1.807, 2.05) is 0 Å². The Morgan fingerprint density at radius 2 is 1.64 bits per heavy atom. The van der Waals surface area contributed by atoms with Gasteiger partial charge in [-0.05, 0) is 23.3 Å². The van der Waals surface area contributed by atoms with Crippen LogP contribution < -0.4 is 5.56 Å². The van der Waals surface area contributed by atoms with Gasteiger partial charge < -0.3 is 0 Å². The van der Waals surface area contributed by atoms with Crippen molar-refractivity contribution in [2.75, 3.05) is 0 Å². The topological polar surface area (TPSA) is 109 Å². The molecular formula is C18H13FN6O3. The van der Waals surface area contributed by atoms with Crippen molar-refractivity contribution in [3.05, 3.63) is 92.3 Å². The summed E-state index contributed by atoms with van der Waals surface area (Å²) in [7, 11) is 0. The van der Waals surface area contributed by atoms with E-state index >= 15 is 0 Å². The first-order valence-corrected chi connectivity index (χ1v) is 8.27. The third-order valence-electron chi connectivity index (χ3n) is 4.24. The molecule has 0 amide bonds. The van der Waals surface area contributed by atoms with Crippen LogP contribution in [-0.4, -0.2) is 29.5 Å². The number of nitrogens with zero attached hydrogens (tertiary/aromatic N) is 6. The number of aromatic nitrogens is 5. The van der Waals surface area contributed by atoms with E-state index < -0.39 is 4.92 Å². The summed E-state index contributed by atoms with van der Waals surface area (Å²) in [5, 5.41) is 18.6. The van der Waals surface area contributed by atoms with Gasteiger partial charge in [0.2, 0.25) is 0 Å². The fourth-order valence-electron chi connectivity index (χ4n) is 2.79. The van der Waals surface area contributed by atoms with Gasteiger partial charge in [0.1, 0.15) is 12.1 Å². The molecular weight excluding hydrogens is 367 g/mol. The van der Waals surface area contributed by atoms with Crippen molar-refractivity contribution in [1.29, 1.82) is 0 Å². The average molecular weight is 380 g/mol. The van der Waals surface area contributed by atoms with Gasteiger partial charge in [-0.1, -0.05) is 29.5 Å². The number of fused-ring (bicyclic) bond motifs is 1. The highest BCUT2D eigenvalue weighted by molar-refractivity contribution is 5.67. The van der Waals surface area contributed by atoms with Crippen molar-refractivity contribution in [2.45, 2.75) is 13.1 Å². The Balaban J connectivity index is 1.61. The summed E-state index contributed by atoms with van der Waals surface area (Å²) in [5.74, 6) is -0.334. The maximum absolute atomic E-state index is 13.0. The van der Waals surface area contributed by atoms with E-state index in [1.165, 1.54) is 39.8 Å². The predicted molar refractivity (Wildman–Crippen MR) is 97.3 cm³/mol. The number of hydrogen-bond donors (Lipinski definition) is 0. The SMILES string of the molecule is O=c1c2nnn(Cc3ccc(F)cc3)c2ncn1Cc1ccc([N+](=O)[O-])cc1.